The maximum Gasteiger partial charge on any atom is 0.280 e. The fraction of sp³-hybridized carbons (Fsp3) is 0.238. The number of hydrogen-bond donors (Lipinski definition) is 1. The third-order valence-corrected chi connectivity index (χ3v) is 6.41. The van der Waals surface area contributed by atoms with Gasteiger partial charge >= 0.3 is 0 Å². The SMILES string of the molecule is CCOc1ccc(-c2ccc(=O)n(CCNS(=O)(=O)c3cc([N+](=O)[O-])c(C)c([N+](=O)[O-])c3)n2)cc1. The van der Waals surface area contributed by atoms with Crippen LogP contribution in [0.3, 0.4) is 0 Å². The Labute approximate surface area is 199 Å². The van der Waals surface area contributed by atoms with Crippen LogP contribution in [0, 0.1) is 27.2 Å². The molecule has 14 heteroatoms. The summed E-state index contributed by atoms with van der Waals surface area (Å²) in [7, 11) is -4.36. The zero-order chi connectivity index (χ0) is 25.8. The molecule has 3 aromatic rings. The Balaban J connectivity index is 1.80. The van der Waals surface area contributed by atoms with Crippen LogP contribution in [0.25, 0.3) is 11.3 Å². The summed E-state index contributed by atoms with van der Waals surface area (Å²) in [5.41, 5.74) is -0.940. The van der Waals surface area contributed by atoms with Crippen molar-refractivity contribution in [3.63, 3.8) is 0 Å². The van der Waals surface area contributed by atoms with Crippen LogP contribution in [0.4, 0.5) is 11.4 Å². The molecule has 13 nitrogen and oxygen atoms in total. The van der Waals surface area contributed by atoms with Crippen molar-refractivity contribution in [3.8, 4) is 17.0 Å². The predicted octanol–water partition coefficient (Wildman–Crippen LogP) is 2.41. The predicted molar refractivity (Wildman–Crippen MR) is 125 cm³/mol. The van der Waals surface area contributed by atoms with E-state index in [0.717, 1.165) is 23.7 Å². The summed E-state index contributed by atoms with van der Waals surface area (Å²) in [5, 5.41) is 26.7. The average Bonchev–Trinajstić information content (AvgIpc) is 2.80. The molecule has 1 heterocycles. The van der Waals surface area contributed by atoms with Gasteiger partial charge in [0.1, 0.15) is 11.3 Å². The van der Waals surface area contributed by atoms with Gasteiger partial charge in [-0.05, 0) is 44.2 Å². The topological polar surface area (TPSA) is 177 Å². The van der Waals surface area contributed by atoms with Crippen molar-refractivity contribution in [2.75, 3.05) is 13.2 Å². The smallest absolute Gasteiger partial charge is 0.280 e. The summed E-state index contributed by atoms with van der Waals surface area (Å²) in [6.07, 6.45) is 0. The van der Waals surface area contributed by atoms with Crippen LogP contribution in [0.1, 0.15) is 12.5 Å². The van der Waals surface area contributed by atoms with Crippen molar-refractivity contribution in [2.24, 2.45) is 0 Å². The largest absolute Gasteiger partial charge is 0.494 e. The molecule has 0 amide bonds. The lowest BCUT2D eigenvalue weighted by molar-refractivity contribution is -0.395. The van der Waals surface area contributed by atoms with Crippen molar-refractivity contribution in [2.45, 2.75) is 25.3 Å². The van der Waals surface area contributed by atoms with Gasteiger partial charge in [0.15, 0.2) is 0 Å². The Bertz CT molecular complexity index is 1400. The lowest BCUT2D eigenvalue weighted by Gasteiger charge is -2.10. The fourth-order valence-electron chi connectivity index (χ4n) is 3.21. The molecular formula is C21H21N5O8S. The second-order valence-electron chi connectivity index (χ2n) is 7.24. The summed E-state index contributed by atoms with van der Waals surface area (Å²) in [6, 6.07) is 11.4. The molecule has 0 spiro atoms. The molecule has 0 fully saturated rings. The van der Waals surface area contributed by atoms with E-state index in [4.69, 9.17) is 4.74 Å². The number of benzene rings is 2. The molecule has 0 aliphatic carbocycles. The van der Waals surface area contributed by atoms with E-state index in [1.807, 2.05) is 6.92 Å². The average molecular weight is 503 g/mol. The number of hydrogen-bond acceptors (Lipinski definition) is 9. The number of rotatable bonds is 10. The monoisotopic (exact) mass is 503 g/mol. The number of sulfonamides is 1. The number of aromatic nitrogens is 2. The van der Waals surface area contributed by atoms with E-state index in [2.05, 4.69) is 9.82 Å². The standard InChI is InChI=1S/C21H21N5O8S/c1-3-34-16-6-4-15(5-7-16)18-8-9-21(27)24(23-18)11-10-22-35(32,33)17-12-19(25(28)29)14(2)20(13-17)26(30)31/h4-9,12-13,22H,3,10-11H2,1-2H3. The maximum atomic E-state index is 12.7. The lowest BCUT2D eigenvalue weighted by Crippen LogP contribution is -2.32. The van der Waals surface area contributed by atoms with Gasteiger partial charge in [-0.2, -0.15) is 5.10 Å². The summed E-state index contributed by atoms with van der Waals surface area (Å²) < 4.78 is 34.0. The molecule has 0 saturated heterocycles. The molecule has 35 heavy (non-hydrogen) atoms. The molecule has 0 saturated carbocycles. The zero-order valence-corrected chi connectivity index (χ0v) is 19.5. The first-order chi connectivity index (χ1) is 16.5. The van der Waals surface area contributed by atoms with E-state index in [0.29, 0.717) is 23.6 Å². The molecule has 2 aromatic carbocycles. The lowest BCUT2D eigenvalue weighted by atomic mass is 10.1. The molecule has 1 aromatic heterocycles. The van der Waals surface area contributed by atoms with Gasteiger partial charge < -0.3 is 4.74 Å². The second-order valence-corrected chi connectivity index (χ2v) is 9.00. The minimum Gasteiger partial charge on any atom is -0.494 e. The molecule has 3 rings (SSSR count). The third kappa shape index (κ3) is 5.85. The molecule has 0 aliphatic heterocycles. The quantitative estimate of drug-likeness (QED) is 0.321. The van der Waals surface area contributed by atoms with E-state index in [1.54, 1.807) is 24.3 Å². The van der Waals surface area contributed by atoms with Crippen LogP contribution in [-0.4, -0.2) is 41.2 Å². The highest BCUT2D eigenvalue weighted by atomic mass is 32.2. The van der Waals surface area contributed by atoms with Crippen LogP contribution in [-0.2, 0) is 16.6 Å². The Morgan fingerprint density at radius 2 is 1.63 bits per heavy atom. The van der Waals surface area contributed by atoms with Crippen molar-refractivity contribution < 1.29 is 23.0 Å². The van der Waals surface area contributed by atoms with Crippen LogP contribution in [0.15, 0.2) is 58.2 Å². The molecule has 0 radical (unpaired) electrons. The second kappa shape index (κ2) is 10.4. The van der Waals surface area contributed by atoms with Gasteiger partial charge in [-0.1, -0.05) is 0 Å². The first-order valence-corrected chi connectivity index (χ1v) is 11.8. The van der Waals surface area contributed by atoms with E-state index in [-0.39, 0.29) is 18.7 Å². The van der Waals surface area contributed by atoms with Gasteiger partial charge in [-0.3, -0.25) is 25.0 Å². The van der Waals surface area contributed by atoms with Gasteiger partial charge in [0.05, 0.1) is 33.6 Å². The highest BCUT2D eigenvalue weighted by Crippen LogP contribution is 2.31. The molecule has 1 N–H and O–H groups in total. The number of nitro benzene ring substituents is 2. The first-order valence-electron chi connectivity index (χ1n) is 10.3. The van der Waals surface area contributed by atoms with Gasteiger partial charge in [-0.15, -0.1) is 0 Å². The summed E-state index contributed by atoms with van der Waals surface area (Å²) in [5.74, 6) is 0.676. The van der Waals surface area contributed by atoms with Gasteiger partial charge in [0, 0.05) is 30.3 Å². The van der Waals surface area contributed by atoms with Gasteiger partial charge in [0.25, 0.3) is 16.9 Å². The van der Waals surface area contributed by atoms with Crippen LogP contribution >= 0.6 is 0 Å². The molecule has 0 aliphatic rings. The normalized spacial score (nSPS) is 11.3. The number of nitro groups is 2. The van der Waals surface area contributed by atoms with Gasteiger partial charge in [0.2, 0.25) is 10.0 Å². The van der Waals surface area contributed by atoms with Crippen molar-refractivity contribution in [1.29, 1.82) is 0 Å². The van der Waals surface area contributed by atoms with Gasteiger partial charge in [-0.25, -0.2) is 17.8 Å². The Morgan fingerprint density at radius 1 is 1.03 bits per heavy atom. The van der Waals surface area contributed by atoms with Crippen molar-refractivity contribution in [3.05, 3.63) is 84.7 Å². The number of nitrogens with zero attached hydrogens (tertiary/aromatic N) is 4. The summed E-state index contributed by atoms with van der Waals surface area (Å²) in [4.78, 5) is 32.2. The van der Waals surface area contributed by atoms with E-state index >= 15 is 0 Å². The van der Waals surface area contributed by atoms with E-state index < -0.39 is 41.7 Å². The summed E-state index contributed by atoms with van der Waals surface area (Å²) in [6.45, 7) is 3.09. The van der Waals surface area contributed by atoms with Crippen molar-refractivity contribution >= 4 is 21.4 Å². The molecule has 0 unspecified atom stereocenters. The molecule has 0 bridgehead atoms. The van der Waals surface area contributed by atoms with Crippen LogP contribution in [0.5, 0.6) is 5.75 Å². The third-order valence-electron chi connectivity index (χ3n) is 4.97. The van der Waals surface area contributed by atoms with Crippen LogP contribution in [0.2, 0.25) is 0 Å². The van der Waals surface area contributed by atoms with Crippen LogP contribution < -0.4 is 15.0 Å². The maximum absolute atomic E-state index is 12.7. The highest BCUT2D eigenvalue weighted by molar-refractivity contribution is 7.89. The Hall–Kier alpha value is -4.17. The fourth-order valence-corrected chi connectivity index (χ4v) is 4.27. The number of nitrogens with one attached hydrogen (secondary N) is 1. The highest BCUT2D eigenvalue weighted by Gasteiger charge is 2.27. The molecule has 0 atom stereocenters. The minimum atomic E-state index is -4.36. The molecular weight excluding hydrogens is 482 g/mol. The van der Waals surface area contributed by atoms with E-state index in [9.17, 15) is 33.4 Å². The number of ether oxygens (including phenoxy) is 1. The summed E-state index contributed by atoms with van der Waals surface area (Å²) >= 11 is 0. The Kier molecular flexibility index (Phi) is 7.56. The molecule has 184 valence electrons. The minimum absolute atomic E-state index is 0.154. The zero-order valence-electron chi connectivity index (χ0n) is 18.7. The van der Waals surface area contributed by atoms with E-state index in [1.165, 1.54) is 12.1 Å². The first kappa shape index (κ1) is 25.5. The van der Waals surface area contributed by atoms with Crippen molar-refractivity contribution in [1.82, 2.24) is 14.5 Å². The Morgan fingerprint density at radius 3 is 2.17 bits per heavy atom.